The number of piperidine rings is 1. The molecule has 1 aliphatic rings. The number of nitrogens with one attached hydrogen (secondary N) is 2. The average Bonchev–Trinajstić information content (AvgIpc) is 2.84. The van der Waals surface area contributed by atoms with Crippen molar-refractivity contribution in [2.75, 3.05) is 52.9 Å². The summed E-state index contributed by atoms with van der Waals surface area (Å²) in [6, 6.07) is 14.8. The van der Waals surface area contributed by atoms with Gasteiger partial charge in [0.05, 0.1) is 21.3 Å². The minimum atomic E-state index is 0.413. The molecule has 0 spiro atoms. The fraction of sp³-hybridized carbons (Fsp3) is 0.458. The van der Waals surface area contributed by atoms with Gasteiger partial charge in [-0.2, -0.15) is 0 Å². The highest BCUT2D eigenvalue weighted by molar-refractivity contribution is 5.80. The first-order valence-electron chi connectivity index (χ1n) is 10.7. The van der Waals surface area contributed by atoms with E-state index in [4.69, 9.17) is 14.2 Å². The lowest BCUT2D eigenvalue weighted by Crippen LogP contribution is -2.49. The van der Waals surface area contributed by atoms with Crippen molar-refractivity contribution in [2.24, 2.45) is 4.99 Å². The minimum Gasteiger partial charge on any atom is -0.496 e. The molecular formula is C24H34N4O3. The molecule has 7 heteroatoms. The Kier molecular flexibility index (Phi) is 8.27. The van der Waals surface area contributed by atoms with E-state index >= 15 is 0 Å². The van der Waals surface area contributed by atoms with Crippen LogP contribution in [0, 0.1) is 0 Å². The van der Waals surface area contributed by atoms with Crippen LogP contribution in [0.3, 0.4) is 0 Å². The van der Waals surface area contributed by atoms with E-state index in [0.29, 0.717) is 18.3 Å². The highest BCUT2D eigenvalue weighted by Gasteiger charge is 2.20. The predicted molar refractivity (Wildman–Crippen MR) is 126 cm³/mol. The molecule has 31 heavy (non-hydrogen) atoms. The van der Waals surface area contributed by atoms with Crippen LogP contribution in [0.1, 0.15) is 18.4 Å². The lowest BCUT2D eigenvalue weighted by molar-refractivity contribution is 0.368. The largest absolute Gasteiger partial charge is 0.496 e. The fourth-order valence-corrected chi connectivity index (χ4v) is 3.94. The molecule has 0 radical (unpaired) electrons. The summed E-state index contributed by atoms with van der Waals surface area (Å²) in [4.78, 5) is 6.84. The Hall–Kier alpha value is -3.09. The molecule has 0 aromatic heterocycles. The topological polar surface area (TPSA) is 67.4 Å². The van der Waals surface area contributed by atoms with Crippen molar-refractivity contribution in [2.45, 2.75) is 25.3 Å². The molecule has 168 valence electrons. The van der Waals surface area contributed by atoms with Crippen LogP contribution in [0.15, 0.2) is 47.5 Å². The molecule has 1 saturated heterocycles. The zero-order valence-corrected chi connectivity index (χ0v) is 19.0. The van der Waals surface area contributed by atoms with Crippen LogP contribution in [-0.4, -0.2) is 60.0 Å². The Morgan fingerprint density at radius 2 is 1.65 bits per heavy atom. The highest BCUT2D eigenvalue weighted by Crippen LogP contribution is 2.34. The van der Waals surface area contributed by atoms with Gasteiger partial charge in [0, 0.05) is 56.1 Å². The van der Waals surface area contributed by atoms with E-state index < -0.39 is 0 Å². The molecule has 1 fully saturated rings. The number of ether oxygens (including phenoxy) is 3. The first-order valence-corrected chi connectivity index (χ1v) is 10.7. The Morgan fingerprint density at radius 1 is 1.00 bits per heavy atom. The van der Waals surface area contributed by atoms with Gasteiger partial charge in [0.25, 0.3) is 0 Å². The molecule has 0 aliphatic carbocycles. The van der Waals surface area contributed by atoms with E-state index in [0.717, 1.165) is 55.4 Å². The zero-order valence-electron chi connectivity index (χ0n) is 19.0. The first-order chi connectivity index (χ1) is 15.2. The number of hydrogen-bond donors (Lipinski definition) is 2. The van der Waals surface area contributed by atoms with Crippen molar-refractivity contribution in [3.05, 3.63) is 48.0 Å². The Bertz CT molecular complexity index is 824. The molecule has 0 saturated carbocycles. The quantitative estimate of drug-likeness (QED) is 0.500. The summed E-state index contributed by atoms with van der Waals surface area (Å²) in [5, 5.41) is 6.99. The molecule has 0 bridgehead atoms. The Labute approximate surface area is 185 Å². The van der Waals surface area contributed by atoms with Gasteiger partial charge in [-0.15, -0.1) is 0 Å². The van der Waals surface area contributed by atoms with Crippen molar-refractivity contribution in [3.8, 4) is 17.2 Å². The Morgan fingerprint density at radius 3 is 2.19 bits per heavy atom. The summed E-state index contributed by atoms with van der Waals surface area (Å²) in [5.41, 5.74) is 2.30. The molecule has 2 aromatic carbocycles. The molecule has 0 amide bonds. The van der Waals surface area contributed by atoms with E-state index in [1.807, 2.05) is 19.2 Å². The lowest BCUT2D eigenvalue weighted by Gasteiger charge is -2.34. The summed E-state index contributed by atoms with van der Waals surface area (Å²) in [5.74, 6) is 3.05. The second-order valence-corrected chi connectivity index (χ2v) is 7.50. The van der Waals surface area contributed by atoms with Gasteiger partial charge in [0.15, 0.2) is 5.96 Å². The third-order valence-electron chi connectivity index (χ3n) is 5.67. The average molecular weight is 427 g/mol. The van der Waals surface area contributed by atoms with Gasteiger partial charge in [-0.1, -0.05) is 18.2 Å². The fourth-order valence-electron chi connectivity index (χ4n) is 3.94. The van der Waals surface area contributed by atoms with Crippen LogP contribution in [0.4, 0.5) is 5.69 Å². The van der Waals surface area contributed by atoms with Gasteiger partial charge in [0.2, 0.25) is 0 Å². The molecule has 0 unspecified atom stereocenters. The monoisotopic (exact) mass is 426 g/mol. The van der Waals surface area contributed by atoms with Crippen molar-refractivity contribution in [1.82, 2.24) is 10.6 Å². The van der Waals surface area contributed by atoms with Gasteiger partial charge in [-0.05, 0) is 31.4 Å². The first kappa shape index (κ1) is 22.6. The molecule has 7 nitrogen and oxygen atoms in total. The second-order valence-electron chi connectivity index (χ2n) is 7.50. The minimum absolute atomic E-state index is 0.413. The van der Waals surface area contributed by atoms with E-state index in [9.17, 15) is 0 Å². The van der Waals surface area contributed by atoms with Crippen LogP contribution in [0.2, 0.25) is 0 Å². The normalized spacial score (nSPS) is 14.8. The maximum Gasteiger partial charge on any atom is 0.191 e. The van der Waals surface area contributed by atoms with Crippen LogP contribution < -0.4 is 29.7 Å². The van der Waals surface area contributed by atoms with Crippen molar-refractivity contribution in [3.63, 3.8) is 0 Å². The molecule has 3 rings (SSSR count). The number of anilines is 1. The van der Waals surface area contributed by atoms with Crippen LogP contribution in [-0.2, 0) is 6.42 Å². The standard InChI is InChI=1S/C24H34N4O3/c1-25-24(27-18-11-14-28(15-12-18)19-8-6-5-7-9-19)26-13-10-21-22(30-3)16-20(29-2)17-23(21)31-4/h5-9,16-18H,10-15H2,1-4H3,(H2,25,26,27). The second kappa shape index (κ2) is 11.3. The maximum absolute atomic E-state index is 5.54. The maximum atomic E-state index is 5.54. The van der Waals surface area contributed by atoms with Crippen molar-refractivity contribution in [1.29, 1.82) is 0 Å². The van der Waals surface area contributed by atoms with Gasteiger partial charge in [0.1, 0.15) is 17.2 Å². The van der Waals surface area contributed by atoms with Gasteiger partial charge in [-0.25, -0.2) is 0 Å². The molecular weight excluding hydrogens is 392 g/mol. The highest BCUT2D eigenvalue weighted by atomic mass is 16.5. The number of rotatable bonds is 8. The summed E-state index contributed by atoms with van der Waals surface area (Å²) >= 11 is 0. The third-order valence-corrected chi connectivity index (χ3v) is 5.67. The molecule has 0 atom stereocenters. The molecule has 2 aromatic rings. The van der Waals surface area contributed by atoms with Crippen molar-refractivity contribution >= 4 is 11.6 Å². The SMILES string of the molecule is CN=C(NCCc1c(OC)cc(OC)cc1OC)NC1CCN(c2ccccc2)CC1. The summed E-state index contributed by atoms with van der Waals surface area (Å²) in [6.07, 6.45) is 2.90. The number of benzene rings is 2. The third kappa shape index (κ3) is 5.96. The molecule has 1 aliphatic heterocycles. The summed E-state index contributed by atoms with van der Waals surface area (Å²) < 4.78 is 16.4. The number of nitrogens with zero attached hydrogens (tertiary/aromatic N) is 2. The van der Waals surface area contributed by atoms with Crippen LogP contribution in [0.5, 0.6) is 17.2 Å². The number of methoxy groups -OCH3 is 3. The number of guanidine groups is 1. The Balaban J connectivity index is 1.51. The van der Waals surface area contributed by atoms with Gasteiger partial charge < -0.3 is 29.7 Å². The summed E-state index contributed by atoms with van der Waals surface area (Å²) in [6.45, 7) is 2.79. The van der Waals surface area contributed by atoms with Crippen LogP contribution in [0.25, 0.3) is 0 Å². The van der Waals surface area contributed by atoms with Gasteiger partial charge in [-0.3, -0.25) is 4.99 Å². The number of hydrogen-bond acceptors (Lipinski definition) is 5. The smallest absolute Gasteiger partial charge is 0.191 e. The number of aliphatic imine (C=N–C) groups is 1. The zero-order chi connectivity index (χ0) is 22.1. The predicted octanol–water partition coefficient (Wildman–Crippen LogP) is 3.09. The summed E-state index contributed by atoms with van der Waals surface area (Å²) in [7, 11) is 6.76. The van der Waals surface area contributed by atoms with E-state index in [1.165, 1.54) is 5.69 Å². The molecule has 2 N–H and O–H groups in total. The molecule has 1 heterocycles. The lowest BCUT2D eigenvalue weighted by atomic mass is 10.0. The van der Waals surface area contributed by atoms with E-state index in [2.05, 4.69) is 50.9 Å². The van der Waals surface area contributed by atoms with E-state index in [1.54, 1.807) is 21.3 Å². The number of para-hydroxylation sites is 1. The van der Waals surface area contributed by atoms with E-state index in [-0.39, 0.29) is 0 Å². The van der Waals surface area contributed by atoms with Crippen molar-refractivity contribution < 1.29 is 14.2 Å². The van der Waals surface area contributed by atoms with Crippen LogP contribution >= 0.6 is 0 Å². The van der Waals surface area contributed by atoms with Gasteiger partial charge >= 0.3 is 0 Å².